The summed E-state index contributed by atoms with van der Waals surface area (Å²) < 4.78 is 5.19. The van der Waals surface area contributed by atoms with Crippen molar-refractivity contribution < 1.29 is 23.9 Å². The van der Waals surface area contributed by atoms with E-state index >= 15 is 0 Å². The number of carbonyl (C=O) groups is 4. The molecule has 1 aliphatic heterocycles. The topological polar surface area (TPSA) is 105 Å². The van der Waals surface area contributed by atoms with Gasteiger partial charge in [0, 0.05) is 0 Å². The van der Waals surface area contributed by atoms with E-state index in [0.29, 0.717) is 11.4 Å². The van der Waals surface area contributed by atoms with Crippen molar-refractivity contribution in [2.24, 2.45) is 5.92 Å². The molecule has 3 rings (SSSR count). The van der Waals surface area contributed by atoms with E-state index in [9.17, 15) is 19.2 Å². The van der Waals surface area contributed by atoms with Crippen LogP contribution in [0.15, 0.2) is 48.5 Å². The van der Waals surface area contributed by atoms with E-state index in [4.69, 9.17) is 16.3 Å². The molecule has 2 aromatic carbocycles. The molecule has 2 aromatic rings. The number of esters is 1. The van der Waals surface area contributed by atoms with E-state index in [-0.39, 0.29) is 29.0 Å². The molecule has 0 aromatic heterocycles. The van der Waals surface area contributed by atoms with Crippen molar-refractivity contribution in [2.45, 2.75) is 19.9 Å². The van der Waals surface area contributed by atoms with Crippen LogP contribution in [0.5, 0.6) is 0 Å². The number of nitrogens with zero attached hydrogens (tertiary/aromatic N) is 1. The molecular weight excluding hydrogens is 422 g/mol. The number of halogens is 1. The van der Waals surface area contributed by atoms with Crippen molar-refractivity contribution in [1.29, 1.82) is 0 Å². The van der Waals surface area contributed by atoms with E-state index < -0.39 is 30.4 Å². The summed E-state index contributed by atoms with van der Waals surface area (Å²) in [5.41, 5.74) is 1.26. The average Bonchev–Trinajstić information content (AvgIpc) is 2.74. The third-order valence-electron chi connectivity index (χ3n) is 4.74. The van der Waals surface area contributed by atoms with Crippen LogP contribution in [0.1, 0.15) is 24.2 Å². The van der Waals surface area contributed by atoms with Crippen LogP contribution in [0.3, 0.4) is 0 Å². The Bertz CT molecular complexity index is 1020. The highest BCUT2D eigenvalue weighted by Crippen LogP contribution is 2.28. The molecule has 0 saturated carbocycles. The molecule has 1 atom stereocenters. The highest BCUT2D eigenvalue weighted by molar-refractivity contribution is 6.33. The molecule has 3 amide bonds. The van der Waals surface area contributed by atoms with Gasteiger partial charge in [-0.2, -0.15) is 0 Å². The summed E-state index contributed by atoms with van der Waals surface area (Å²) in [6.07, 6.45) is 0. The molecule has 0 radical (unpaired) electrons. The Kier molecular flexibility index (Phi) is 6.91. The van der Waals surface area contributed by atoms with Crippen LogP contribution < -0.4 is 15.5 Å². The second kappa shape index (κ2) is 9.61. The van der Waals surface area contributed by atoms with E-state index in [1.807, 2.05) is 0 Å². The van der Waals surface area contributed by atoms with Gasteiger partial charge < -0.3 is 15.4 Å². The lowest BCUT2D eigenvalue weighted by Crippen LogP contribution is -2.47. The number of anilines is 2. The van der Waals surface area contributed by atoms with Gasteiger partial charge in [-0.25, -0.2) is 4.79 Å². The Morgan fingerprint density at radius 2 is 1.81 bits per heavy atom. The van der Waals surface area contributed by atoms with Crippen molar-refractivity contribution in [3.8, 4) is 0 Å². The molecule has 0 bridgehead atoms. The number of hydrogen-bond acceptors (Lipinski definition) is 5. The maximum absolute atomic E-state index is 12.7. The lowest BCUT2D eigenvalue weighted by molar-refractivity contribution is -0.150. The summed E-state index contributed by atoms with van der Waals surface area (Å²) >= 11 is 6.04. The molecule has 162 valence electrons. The van der Waals surface area contributed by atoms with Gasteiger partial charge in [0.15, 0.2) is 6.61 Å². The first-order chi connectivity index (χ1) is 14.8. The molecular formula is C22H22ClN3O5. The number of nitrogens with one attached hydrogen (secondary N) is 2. The number of ether oxygens (including phenoxy) is 1. The number of amides is 3. The van der Waals surface area contributed by atoms with Crippen LogP contribution in [0.4, 0.5) is 11.4 Å². The van der Waals surface area contributed by atoms with Crippen LogP contribution in [0, 0.1) is 5.92 Å². The van der Waals surface area contributed by atoms with E-state index in [1.54, 1.807) is 62.4 Å². The SMILES string of the molecule is CC(C)[C@H](NC(=O)c1ccccc1Cl)C(=O)OCC(=O)N1CC(=O)Nc2ccccc21. The summed E-state index contributed by atoms with van der Waals surface area (Å²) in [5, 5.41) is 5.56. The second-order valence-electron chi connectivity index (χ2n) is 7.33. The zero-order valence-electron chi connectivity index (χ0n) is 17.1. The zero-order valence-corrected chi connectivity index (χ0v) is 17.8. The van der Waals surface area contributed by atoms with Gasteiger partial charge in [-0.15, -0.1) is 0 Å². The number of fused-ring (bicyclic) bond motifs is 1. The van der Waals surface area contributed by atoms with Crippen molar-refractivity contribution in [3.05, 3.63) is 59.1 Å². The fourth-order valence-electron chi connectivity index (χ4n) is 3.12. The zero-order chi connectivity index (χ0) is 22.5. The predicted octanol–water partition coefficient (Wildman–Crippen LogP) is 2.62. The largest absolute Gasteiger partial charge is 0.454 e. The van der Waals surface area contributed by atoms with Gasteiger partial charge in [0.25, 0.3) is 11.8 Å². The Balaban J connectivity index is 1.65. The third-order valence-corrected chi connectivity index (χ3v) is 5.06. The van der Waals surface area contributed by atoms with E-state index in [2.05, 4.69) is 10.6 Å². The summed E-state index contributed by atoms with van der Waals surface area (Å²) in [7, 11) is 0. The highest BCUT2D eigenvalue weighted by Gasteiger charge is 2.30. The number of benzene rings is 2. The summed E-state index contributed by atoms with van der Waals surface area (Å²) in [4.78, 5) is 50.9. The van der Waals surface area contributed by atoms with Crippen molar-refractivity contribution in [2.75, 3.05) is 23.4 Å². The lowest BCUT2D eigenvalue weighted by Gasteiger charge is -2.29. The van der Waals surface area contributed by atoms with Crippen LogP contribution in [-0.2, 0) is 19.1 Å². The molecule has 0 fully saturated rings. The normalized spacial score (nSPS) is 13.8. The minimum atomic E-state index is -0.978. The third kappa shape index (κ3) is 5.21. The van der Waals surface area contributed by atoms with Crippen molar-refractivity contribution in [3.63, 3.8) is 0 Å². The molecule has 0 unspecified atom stereocenters. The Morgan fingerprint density at radius 1 is 1.13 bits per heavy atom. The number of para-hydroxylation sites is 2. The molecule has 0 spiro atoms. The number of rotatable bonds is 6. The molecule has 2 N–H and O–H groups in total. The van der Waals surface area contributed by atoms with Gasteiger partial charge in [-0.05, 0) is 30.2 Å². The predicted molar refractivity (Wildman–Crippen MR) is 116 cm³/mol. The smallest absolute Gasteiger partial charge is 0.329 e. The van der Waals surface area contributed by atoms with Gasteiger partial charge in [0.05, 0.1) is 22.0 Å². The van der Waals surface area contributed by atoms with Gasteiger partial charge in [0.1, 0.15) is 12.6 Å². The molecule has 0 saturated heterocycles. The summed E-state index contributed by atoms with van der Waals surface area (Å²) in [5.74, 6) is -2.45. The second-order valence-corrected chi connectivity index (χ2v) is 7.74. The minimum Gasteiger partial charge on any atom is -0.454 e. The van der Waals surface area contributed by atoms with Gasteiger partial charge in [0.2, 0.25) is 5.91 Å². The van der Waals surface area contributed by atoms with Gasteiger partial charge in [-0.3, -0.25) is 19.3 Å². The summed E-state index contributed by atoms with van der Waals surface area (Å²) in [6.45, 7) is 2.74. The Hall–Kier alpha value is -3.39. The first kappa shape index (κ1) is 22.3. The van der Waals surface area contributed by atoms with E-state index in [0.717, 1.165) is 0 Å². The standard InChI is InChI=1S/C22H22ClN3O5/c1-13(2)20(25-21(29)14-7-3-4-8-15(14)23)22(30)31-12-19(28)26-11-18(27)24-16-9-5-6-10-17(16)26/h3-10,13,20H,11-12H2,1-2H3,(H,24,27)(H,25,29)/t20-/m0/s1. The maximum Gasteiger partial charge on any atom is 0.329 e. The fourth-order valence-corrected chi connectivity index (χ4v) is 3.34. The molecule has 1 aliphatic rings. The lowest BCUT2D eigenvalue weighted by atomic mass is 10.0. The van der Waals surface area contributed by atoms with Gasteiger partial charge in [-0.1, -0.05) is 49.7 Å². The quantitative estimate of drug-likeness (QED) is 0.668. The molecule has 8 nitrogen and oxygen atoms in total. The van der Waals surface area contributed by atoms with Crippen LogP contribution >= 0.6 is 11.6 Å². The first-order valence-electron chi connectivity index (χ1n) is 9.69. The molecule has 31 heavy (non-hydrogen) atoms. The van der Waals surface area contributed by atoms with Crippen LogP contribution in [0.2, 0.25) is 5.02 Å². The van der Waals surface area contributed by atoms with Gasteiger partial charge >= 0.3 is 5.97 Å². The maximum atomic E-state index is 12.7. The molecule has 1 heterocycles. The monoisotopic (exact) mass is 443 g/mol. The Labute approximate surface area is 184 Å². The number of carbonyl (C=O) groups excluding carboxylic acids is 4. The number of hydrogen-bond donors (Lipinski definition) is 2. The summed E-state index contributed by atoms with van der Waals surface area (Å²) in [6, 6.07) is 12.3. The van der Waals surface area contributed by atoms with Crippen LogP contribution in [0.25, 0.3) is 0 Å². The first-order valence-corrected chi connectivity index (χ1v) is 10.1. The molecule has 9 heteroatoms. The Morgan fingerprint density at radius 3 is 2.52 bits per heavy atom. The van der Waals surface area contributed by atoms with Crippen molar-refractivity contribution in [1.82, 2.24) is 5.32 Å². The highest BCUT2D eigenvalue weighted by atomic mass is 35.5. The molecule has 0 aliphatic carbocycles. The van der Waals surface area contributed by atoms with Crippen molar-refractivity contribution >= 4 is 46.7 Å². The van der Waals surface area contributed by atoms with E-state index in [1.165, 1.54) is 4.90 Å². The minimum absolute atomic E-state index is 0.176. The van der Waals surface area contributed by atoms with Crippen LogP contribution in [-0.4, -0.2) is 42.9 Å². The average molecular weight is 444 g/mol. The fraction of sp³-hybridized carbons (Fsp3) is 0.273.